The lowest BCUT2D eigenvalue weighted by Gasteiger charge is -2.35. The van der Waals surface area contributed by atoms with Crippen molar-refractivity contribution in [2.45, 2.75) is 45.6 Å². The molecule has 1 N–H and O–H groups in total. The quantitative estimate of drug-likeness (QED) is 0.308. The van der Waals surface area contributed by atoms with E-state index in [1.165, 1.54) is 0 Å². The van der Waals surface area contributed by atoms with E-state index in [0.717, 1.165) is 22.5 Å². The summed E-state index contributed by atoms with van der Waals surface area (Å²) in [6.45, 7) is 7.40. The summed E-state index contributed by atoms with van der Waals surface area (Å²) in [4.78, 5) is 46.8. The van der Waals surface area contributed by atoms with Crippen molar-refractivity contribution in [3.8, 4) is 16.8 Å². The zero-order valence-electron chi connectivity index (χ0n) is 25.7. The molecule has 11 nitrogen and oxygen atoms in total. The zero-order chi connectivity index (χ0) is 31.3. The van der Waals surface area contributed by atoms with Crippen molar-refractivity contribution in [2.75, 3.05) is 31.5 Å². The van der Waals surface area contributed by atoms with Crippen LogP contribution < -0.4 is 5.32 Å². The van der Waals surface area contributed by atoms with E-state index in [1.807, 2.05) is 93.3 Å². The van der Waals surface area contributed by atoms with Gasteiger partial charge in [0.25, 0.3) is 5.91 Å². The van der Waals surface area contributed by atoms with E-state index in [0.29, 0.717) is 57.0 Å². The molecule has 5 rings (SSSR count). The maximum absolute atomic E-state index is 13.3. The molecule has 2 aromatic heterocycles. The third-order valence-electron chi connectivity index (χ3n) is 7.29. The van der Waals surface area contributed by atoms with Crippen LogP contribution in [0.25, 0.3) is 16.8 Å². The van der Waals surface area contributed by atoms with Crippen LogP contribution in [-0.4, -0.2) is 78.8 Å². The van der Waals surface area contributed by atoms with E-state index in [4.69, 9.17) is 9.72 Å². The number of imidazole rings is 1. The van der Waals surface area contributed by atoms with Crippen LogP contribution in [0.4, 0.5) is 10.7 Å². The number of carbonyl (C=O) groups is 3. The predicted molar refractivity (Wildman–Crippen MR) is 167 cm³/mol. The highest BCUT2D eigenvalue weighted by molar-refractivity contribution is 6.04. The molecule has 0 saturated carbocycles. The molecular weight excluding hydrogens is 558 g/mol. The van der Waals surface area contributed by atoms with Gasteiger partial charge in [0.15, 0.2) is 0 Å². The number of rotatable bonds is 8. The van der Waals surface area contributed by atoms with Crippen molar-refractivity contribution in [2.24, 2.45) is 7.05 Å². The largest absolute Gasteiger partial charge is 0.444 e. The fraction of sp³-hybridized carbons (Fsp3) is 0.364. The summed E-state index contributed by atoms with van der Waals surface area (Å²) in [7, 11) is 1.85. The molecule has 2 aromatic carbocycles. The van der Waals surface area contributed by atoms with Crippen LogP contribution in [0.15, 0.2) is 73.2 Å². The highest BCUT2D eigenvalue weighted by Crippen LogP contribution is 2.22. The van der Waals surface area contributed by atoms with Gasteiger partial charge in [-0.1, -0.05) is 30.3 Å². The Labute approximate surface area is 257 Å². The molecular formula is C33H39N7O4. The van der Waals surface area contributed by atoms with Gasteiger partial charge in [-0.15, -0.1) is 0 Å². The van der Waals surface area contributed by atoms with Gasteiger partial charge < -0.3 is 14.5 Å². The number of para-hydroxylation sites is 1. The van der Waals surface area contributed by atoms with Crippen molar-refractivity contribution >= 4 is 23.9 Å². The molecule has 3 amide bonds. The van der Waals surface area contributed by atoms with Gasteiger partial charge in [-0.3, -0.25) is 24.2 Å². The average Bonchev–Trinajstić information content (AvgIpc) is 3.62. The van der Waals surface area contributed by atoms with Gasteiger partial charge >= 0.3 is 6.09 Å². The van der Waals surface area contributed by atoms with Crippen molar-refractivity contribution < 1.29 is 19.1 Å². The minimum Gasteiger partial charge on any atom is -0.444 e. The lowest BCUT2D eigenvalue weighted by Crippen LogP contribution is -2.51. The summed E-state index contributed by atoms with van der Waals surface area (Å²) < 4.78 is 9.03. The molecule has 0 radical (unpaired) electrons. The first-order chi connectivity index (χ1) is 21.1. The Morgan fingerprint density at radius 1 is 0.909 bits per heavy atom. The Kier molecular flexibility index (Phi) is 9.12. The van der Waals surface area contributed by atoms with E-state index in [1.54, 1.807) is 26.7 Å². The number of aryl methyl sites for hydroxylation is 2. The van der Waals surface area contributed by atoms with Crippen LogP contribution in [-0.2, 0) is 23.0 Å². The highest BCUT2D eigenvalue weighted by atomic mass is 16.6. The van der Waals surface area contributed by atoms with Gasteiger partial charge in [0.2, 0.25) is 11.9 Å². The fourth-order valence-electron chi connectivity index (χ4n) is 5.05. The Bertz CT molecular complexity index is 1610. The number of amides is 3. The minimum atomic E-state index is -0.550. The number of aromatic nitrogens is 4. The zero-order valence-corrected chi connectivity index (χ0v) is 25.7. The second kappa shape index (κ2) is 13.2. The molecule has 4 aromatic rings. The molecule has 44 heavy (non-hydrogen) atoms. The van der Waals surface area contributed by atoms with E-state index < -0.39 is 5.60 Å². The van der Waals surface area contributed by atoms with Crippen LogP contribution in [0.1, 0.15) is 49.7 Å². The molecule has 1 aliphatic heterocycles. The summed E-state index contributed by atoms with van der Waals surface area (Å²) in [6.07, 6.45) is 6.78. The molecule has 230 valence electrons. The minimum absolute atomic E-state index is 0.0540. The number of nitrogens with zero attached hydrogens (tertiary/aromatic N) is 6. The van der Waals surface area contributed by atoms with Gasteiger partial charge in [-0.05, 0) is 63.4 Å². The molecule has 0 atom stereocenters. The van der Waals surface area contributed by atoms with E-state index in [9.17, 15) is 14.4 Å². The number of anilines is 1. The molecule has 0 unspecified atom stereocenters. The molecule has 0 aliphatic carbocycles. The van der Waals surface area contributed by atoms with Crippen molar-refractivity contribution in [1.29, 1.82) is 0 Å². The first-order valence-corrected chi connectivity index (χ1v) is 14.9. The van der Waals surface area contributed by atoms with Crippen LogP contribution in [0, 0.1) is 0 Å². The summed E-state index contributed by atoms with van der Waals surface area (Å²) in [5.41, 5.74) is 3.42. The Morgan fingerprint density at radius 2 is 1.64 bits per heavy atom. The number of piperazine rings is 1. The number of hydrogen-bond acceptors (Lipinski definition) is 6. The molecule has 1 aliphatic rings. The molecule has 0 bridgehead atoms. The smallest absolute Gasteiger partial charge is 0.410 e. The highest BCUT2D eigenvalue weighted by Gasteiger charge is 2.27. The lowest BCUT2D eigenvalue weighted by atomic mass is 10.1. The summed E-state index contributed by atoms with van der Waals surface area (Å²) in [5, 5.41) is 7.21. The van der Waals surface area contributed by atoms with Crippen LogP contribution in [0.2, 0.25) is 0 Å². The average molecular weight is 598 g/mol. The van der Waals surface area contributed by atoms with E-state index >= 15 is 0 Å². The SMILES string of the molecule is Cn1cc(-c2cccc(C(=O)Nc3nc(CCCC(=O)N4CCN(C(=O)OC(C)(C)C)CC4)cn3-c3ccccc3)c2)cn1. The van der Waals surface area contributed by atoms with Crippen LogP contribution >= 0.6 is 0 Å². The van der Waals surface area contributed by atoms with Gasteiger partial charge in [0, 0.05) is 68.9 Å². The second-order valence-corrected chi connectivity index (χ2v) is 11.9. The van der Waals surface area contributed by atoms with Crippen molar-refractivity contribution in [1.82, 2.24) is 29.1 Å². The van der Waals surface area contributed by atoms with Gasteiger partial charge in [-0.25, -0.2) is 9.78 Å². The standard InChI is InChI=1S/C33H39N7O4/c1-33(2,3)44-32(43)39-18-16-38(17-19-39)29(41)15-9-12-27-23-40(28-13-6-5-7-14-28)31(35-27)36-30(42)25-11-8-10-24(20-25)26-21-34-37(4)22-26/h5-8,10-11,13-14,20-23H,9,12,15-19H2,1-4H3,(H,35,36,42). The Hall–Kier alpha value is -4.93. The van der Waals surface area contributed by atoms with E-state index in [-0.39, 0.29) is 17.9 Å². The normalized spacial score (nSPS) is 13.5. The maximum atomic E-state index is 13.3. The van der Waals surface area contributed by atoms with Gasteiger partial charge in [-0.2, -0.15) is 5.10 Å². The molecule has 1 fully saturated rings. The van der Waals surface area contributed by atoms with Crippen LogP contribution in [0.5, 0.6) is 0 Å². The van der Waals surface area contributed by atoms with Crippen molar-refractivity contribution in [3.63, 3.8) is 0 Å². The third kappa shape index (κ3) is 7.71. The summed E-state index contributed by atoms with van der Waals surface area (Å²) >= 11 is 0. The Morgan fingerprint density at radius 3 is 2.32 bits per heavy atom. The number of carbonyl (C=O) groups excluding carboxylic acids is 3. The monoisotopic (exact) mass is 597 g/mol. The van der Waals surface area contributed by atoms with Crippen LogP contribution in [0.3, 0.4) is 0 Å². The molecule has 11 heteroatoms. The lowest BCUT2D eigenvalue weighted by molar-refractivity contribution is -0.133. The molecule has 1 saturated heterocycles. The predicted octanol–water partition coefficient (Wildman–Crippen LogP) is 4.93. The van der Waals surface area contributed by atoms with Gasteiger partial charge in [0.1, 0.15) is 5.60 Å². The Balaban J connectivity index is 1.21. The maximum Gasteiger partial charge on any atom is 0.410 e. The first-order valence-electron chi connectivity index (χ1n) is 14.9. The first kappa shape index (κ1) is 30.5. The number of benzene rings is 2. The number of hydrogen-bond donors (Lipinski definition) is 1. The number of nitrogens with one attached hydrogen (secondary N) is 1. The fourth-order valence-corrected chi connectivity index (χ4v) is 5.05. The topological polar surface area (TPSA) is 115 Å². The summed E-state index contributed by atoms with van der Waals surface area (Å²) in [6, 6.07) is 17.1. The number of ether oxygens (including phenoxy) is 1. The van der Waals surface area contributed by atoms with E-state index in [2.05, 4.69) is 10.4 Å². The van der Waals surface area contributed by atoms with Crippen molar-refractivity contribution in [3.05, 3.63) is 84.4 Å². The molecule has 0 spiro atoms. The summed E-state index contributed by atoms with van der Waals surface area (Å²) in [5.74, 6) is 0.191. The molecule has 3 heterocycles. The van der Waals surface area contributed by atoms with Gasteiger partial charge in [0.05, 0.1) is 11.9 Å². The second-order valence-electron chi connectivity index (χ2n) is 11.9. The third-order valence-corrected chi connectivity index (χ3v) is 7.29.